The number of aliphatic imine (C=N–C) groups is 1. The van der Waals surface area contributed by atoms with Crippen LogP contribution in [0.25, 0.3) is 0 Å². The molecule has 164 valence electrons. The average molecular weight is 417 g/mol. The fourth-order valence-corrected chi connectivity index (χ4v) is 6.79. The highest BCUT2D eigenvalue weighted by molar-refractivity contribution is 5.87. The van der Waals surface area contributed by atoms with Gasteiger partial charge in [0.05, 0.1) is 6.04 Å². The van der Waals surface area contributed by atoms with Crippen LogP contribution in [0.3, 0.4) is 0 Å². The van der Waals surface area contributed by atoms with Crippen molar-refractivity contribution in [3.63, 3.8) is 0 Å². The van der Waals surface area contributed by atoms with E-state index < -0.39 is 0 Å². The summed E-state index contributed by atoms with van der Waals surface area (Å²) >= 11 is 0. The van der Waals surface area contributed by atoms with Crippen molar-refractivity contribution >= 4 is 11.9 Å². The van der Waals surface area contributed by atoms with E-state index in [1.54, 1.807) is 0 Å². The molecule has 6 rings (SSSR count). The van der Waals surface area contributed by atoms with E-state index in [-0.39, 0.29) is 5.41 Å². The first-order valence-corrected chi connectivity index (χ1v) is 12.0. The first kappa shape index (κ1) is 20.6. The van der Waals surface area contributed by atoms with Gasteiger partial charge < -0.3 is 10.0 Å². The summed E-state index contributed by atoms with van der Waals surface area (Å²) in [6.45, 7) is 4.38. The molecule has 4 saturated carbocycles. The lowest BCUT2D eigenvalue weighted by atomic mass is 9.54. The third-order valence-electron chi connectivity index (χ3n) is 8.37. The summed E-state index contributed by atoms with van der Waals surface area (Å²) in [5.41, 5.74) is 3.80. The summed E-state index contributed by atoms with van der Waals surface area (Å²) in [5.74, 6) is 3.79. The van der Waals surface area contributed by atoms with Crippen LogP contribution in [0.5, 0.6) is 5.75 Å². The Morgan fingerprint density at radius 2 is 1.55 bits per heavy atom. The molecule has 0 atom stereocenters. The summed E-state index contributed by atoms with van der Waals surface area (Å²) in [7, 11) is 4.12. The lowest BCUT2D eigenvalue weighted by Gasteiger charge is -2.53. The van der Waals surface area contributed by atoms with Gasteiger partial charge in [0.1, 0.15) is 5.75 Å². The molecule has 4 aliphatic rings. The van der Waals surface area contributed by atoms with Crippen LogP contribution in [0.1, 0.15) is 62.6 Å². The van der Waals surface area contributed by atoms with Crippen LogP contribution >= 0.6 is 0 Å². The summed E-state index contributed by atoms with van der Waals surface area (Å²) in [5, 5.41) is 11.4. The van der Waals surface area contributed by atoms with Crippen LogP contribution in [0.15, 0.2) is 47.5 Å². The van der Waals surface area contributed by atoms with E-state index >= 15 is 0 Å². The van der Waals surface area contributed by atoms with E-state index in [4.69, 9.17) is 4.99 Å². The Morgan fingerprint density at radius 1 is 0.935 bits per heavy atom. The van der Waals surface area contributed by atoms with Gasteiger partial charge in [-0.05, 0) is 73.5 Å². The number of hydrogen-bond acceptors (Lipinski definition) is 3. The number of phenols is 1. The van der Waals surface area contributed by atoms with Crippen LogP contribution in [0.2, 0.25) is 0 Å². The van der Waals surface area contributed by atoms with Gasteiger partial charge in [-0.15, -0.1) is 0 Å². The van der Waals surface area contributed by atoms with Crippen LogP contribution < -0.4 is 4.90 Å². The lowest BCUT2D eigenvalue weighted by Crippen LogP contribution is -2.47. The van der Waals surface area contributed by atoms with E-state index in [1.807, 2.05) is 12.3 Å². The molecule has 4 bridgehead atoms. The summed E-state index contributed by atoms with van der Waals surface area (Å²) in [6.07, 6.45) is 8.92. The third kappa shape index (κ3) is 3.66. The maximum atomic E-state index is 11.4. The molecule has 4 aliphatic carbocycles. The Morgan fingerprint density at radius 3 is 2.13 bits per heavy atom. The minimum absolute atomic E-state index is 0.303. The van der Waals surface area contributed by atoms with E-state index in [2.05, 4.69) is 69.2 Å². The molecule has 0 aromatic heterocycles. The maximum Gasteiger partial charge on any atom is 0.128 e. The molecule has 3 heteroatoms. The van der Waals surface area contributed by atoms with Crippen LogP contribution in [0, 0.1) is 23.7 Å². The number of nitrogens with zero attached hydrogens (tertiary/aromatic N) is 2. The summed E-state index contributed by atoms with van der Waals surface area (Å²) in [4.78, 5) is 7.26. The standard InChI is InChI=1S/C28H36N2O/c1-28(2,23-8-6-5-7-9-23)25-16-24(30(3)4)15-22(27(25)31)17-29-26-20-11-18-10-19(13-20)14-21(26)12-18/h5-9,15-21,26,31H,10-14H2,1-4H3. The molecule has 1 N–H and O–H groups in total. The number of phenolic OH excluding ortho intramolecular Hbond substituents is 1. The highest BCUT2D eigenvalue weighted by atomic mass is 16.3. The Bertz CT molecular complexity index is 948. The largest absolute Gasteiger partial charge is 0.507 e. The molecule has 31 heavy (non-hydrogen) atoms. The predicted molar refractivity (Wildman–Crippen MR) is 129 cm³/mol. The maximum absolute atomic E-state index is 11.4. The molecule has 0 unspecified atom stereocenters. The fraction of sp³-hybridized carbons (Fsp3) is 0.536. The van der Waals surface area contributed by atoms with E-state index in [9.17, 15) is 5.11 Å². The van der Waals surface area contributed by atoms with Crippen molar-refractivity contribution in [2.24, 2.45) is 28.7 Å². The van der Waals surface area contributed by atoms with E-state index in [1.165, 1.54) is 37.7 Å². The van der Waals surface area contributed by atoms with Gasteiger partial charge in [-0.3, -0.25) is 4.99 Å². The zero-order valence-corrected chi connectivity index (χ0v) is 19.4. The van der Waals surface area contributed by atoms with Gasteiger partial charge in [-0.2, -0.15) is 0 Å². The first-order chi connectivity index (χ1) is 14.8. The highest BCUT2D eigenvalue weighted by Gasteiger charge is 2.48. The topological polar surface area (TPSA) is 35.8 Å². The van der Waals surface area contributed by atoms with E-state index in [0.717, 1.165) is 40.5 Å². The Hall–Kier alpha value is -2.29. The van der Waals surface area contributed by atoms with Gasteiger partial charge in [-0.1, -0.05) is 44.2 Å². The molecule has 0 saturated heterocycles. The minimum Gasteiger partial charge on any atom is -0.507 e. The molecular formula is C28H36N2O. The number of aromatic hydroxyl groups is 1. The van der Waals surface area contributed by atoms with Gasteiger partial charge in [-0.25, -0.2) is 0 Å². The molecule has 4 fully saturated rings. The first-order valence-electron chi connectivity index (χ1n) is 12.0. The van der Waals surface area contributed by atoms with Gasteiger partial charge in [0.2, 0.25) is 0 Å². The van der Waals surface area contributed by atoms with Crippen molar-refractivity contribution in [1.82, 2.24) is 0 Å². The number of benzene rings is 2. The van der Waals surface area contributed by atoms with Crippen molar-refractivity contribution in [2.45, 2.75) is 57.4 Å². The number of anilines is 1. The summed E-state index contributed by atoms with van der Waals surface area (Å²) < 4.78 is 0. The quantitative estimate of drug-likeness (QED) is 0.604. The predicted octanol–water partition coefficient (Wildman–Crippen LogP) is 6.03. The van der Waals surface area contributed by atoms with Crippen molar-refractivity contribution in [3.05, 3.63) is 59.2 Å². The third-order valence-corrected chi connectivity index (χ3v) is 8.37. The molecule has 3 nitrogen and oxygen atoms in total. The molecule has 0 spiro atoms. The smallest absolute Gasteiger partial charge is 0.128 e. The molecule has 0 aliphatic heterocycles. The SMILES string of the molecule is CN(C)c1cc(C=NC2C3CC4CC(C3)CC2C4)c(O)c(C(C)(C)c2ccccc2)c1. The second-order valence-corrected chi connectivity index (χ2v) is 11.0. The molecular weight excluding hydrogens is 380 g/mol. The average Bonchev–Trinajstić information content (AvgIpc) is 2.74. The van der Waals surface area contributed by atoms with Crippen molar-refractivity contribution in [1.29, 1.82) is 0 Å². The van der Waals surface area contributed by atoms with Gasteiger partial charge >= 0.3 is 0 Å². The Labute approximate surface area is 187 Å². The fourth-order valence-electron chi connectivity index (χ4n) is 6.79. The van der Waals surface area contributed by atoms with Crippen molar-refractivity contribution < 1.29 is 5.11 Å². The van der Waals surface area contributed by atoms with Gasteiger partial charge in [0.15, 0.2) is 0 Å². The van der Waals surface area contributed by atoms with Gasteiger partial charge in [0.25, 0.3) is 0 Å². The molecule has 0 radical (unpaired) electrons. The highest BCUT2D eigenvalue weighted by Crippen LogP contribution is 2.54. The normalized spacial score (nSPS) is 29.6. The second-order valence-electron chi connectivity index (χ2n) is 11.0. The van der Waals surface area contributed by atoms with Crippen LogP contribution in [-0.2, 0) is 5.41 Å². The minimum atomic E-state index is -0.303. The number of hydrogen-bond donors (Lipinski definition) is 1. The van der Waals surface area contributed by atoms with Crippen molar-refractivity contribution in [3.8, 4) is 5.75 Å². The zero-order chi connectivity index (χ0) is 21.8. The summed E-state index contributed by atoms with van der Waals surface area (Å²) in [6, 6.07) is 15.1. The lowest BCUT2D eigenvalue weighted by molar-refractivity contribution is 0.00146. The van der Waals surface area contributed by atoms with Gasteiger partial charge in [0, 0.05) is 42.5 Å². The Balaban J connectivity index is 1.51. The molecule has 0 amide bonds. The Kier molecular flexibility index (Phi) is 5.11. The monoisotopic (exact) mass is 416 g/mol. The molecule has 2 aromatic rings. The molecule has 2 aromatic carbocycles. The van der Waals surface area contributed by atoms with Crippen LogP contribution in [0.4, 0.5) is 5.69 Å². The zero-order valence-electron chi connectivity index (χ0n) is 19.4. The number of rotatable bonds is 5. The second kappa shape index (κ2) is 7.69. The van der Waals surface area contributed by atoms with Crippen LogP contribution in [-0.4, -0.2) is 31.5 Å². The van der Waals surface area contributed by atoms with E-state index in [0.29, 0.717) is 11.8 Å². The molecule has 0 heterocycles. The van der Waals surface area contributed by atoms with Crippen molar-refractivity contribution in [2.75, 3.05) is 19.0 Å².